The Hall–Kier alpha value is -13.8. The maximum Gasteiger partial charge on any atom is 0.245 e. The molecule has 0 fully saturated rings. The summed E-state index contributed by atoms with van der Waals surface area (Å²) in [5, 5.41) is 62.5. The van der Waals surface area contributed by atoms with Crippen molar-refractivity contribution in [1.82, 2.24) is 110 Å². The zero-order valence-electron chi connectivity index (χ0n) is 83.9. The largest absolute Gasteiger partial charge is 0.391 e. The summed E-state index contributed by atoms with van der Waals surface area (Å²) in [6.07, 6.45) is 5.14. The summed E-state index contributed by atoms with van der Waals surface area (Å²) in [7, 11) is 0. The van der Waals surface area contributed by atoms with Crippen LogP contribution in [0.25, 0.3) is 0 Å². The normalized spacial score (nSPS) is 15.2. The summed E-state index contributed by atoms with van der Waals surface area (Å²) in [4.78, 5) is 282. The number of amides is 19. The van der Waals surface area contributed by atoms with Gasteiger partial charge in [0, 0.05) is 62.4 Å². The summed E-state index contributed by atoms with van der Waals surface area (Å²) < 4.78 is 0. The van der Waals surface area contributed by atoms with Gasteiger partial charge in [0.15, 0.2) is 5.96 Å². The number of rotatable bonds is 68. The molecule has 4 aromatic rings. The van der Waals surface area contributed by atoms with Crippen molar-refractivity contribution in [2.45, 2.75) is 301 Å². The van der Waals surface area contributed by atoms with Crippen LogP contribution in [-0.4, -0.2) is 284 Å². The number of hydrogen-bond acceptors (Lipinski definition) is 27. The lowest BCUT2D eigenvalue weighted by Crippen LogP contribution is -2.62. The van der Waals surface area contributed by atoms with Crippen LogP contribution in [0.5, 0.6) is 0 Å². The van der Waals surface area contributed by atoms with Gasteiger partial charge in [0.25, 0.3) is 0 Å². The van der Waals surface area contributed by atoms with Crippen LogP contribution < -0.4 is 131 Å². The number of hydrogen-bond donors (Lipinski definition) is 28. The highest BCUT2D eigenvalue weighted by molar-refractivity contribution is 7.98. The van der Waals surface area contributed by atoms with Crippen LogP contribution in [0.15, 0.2) is 85.7 Å². The Bertz CT molecular complexity index is 4850. The van der Waals surface area contributed by atoms with Gasteiger partial charge < -0.3 is 146 Å². The summed E-state index contributed by atoms with van der Waals surface area (Å²) >= 11 is 1.28. The van der Waals surface area contributed by atoms with Gasteiger partial charge in [0.1, 0.15) is 96.7 Å². The van der Waals surface area contributed by atoms with Crippen LogP contribution in [-0.2, 0) is 117 Å². The number of H-pyrrole nitrogens is 2. The monoisotopic (exact) mass is 2040 g/mol. The molecule has 2 aromatic carbocycles. The number of aromatic nitrogens is 4. The molecule has 2 heterocycles. The molecule has 0 aliphatic carbocycles. The zero-order chi connectivity index (χ0) is 108. The molecule has 4 rings (SSSR count). The Balaban J connectivity index is 1.55. The highest BCUT2D eigenvalue weighted by Gasteiger charge is 2.42. The summed E-state index contributed by atoms with van der Waals surface area (Å²) in [5.41, 5.74) is 41.9. The highest BCUT2D eigenvalue weighted by Crippen LogP contribution is 2.18. The molecule has 2 aromatic heterocycles. The molecule has 19 amide bonds. The van der Waals surface area contributed by atoms with Crippen LogP contribution in [0, 0.1) is 29.1 Å². The third kappa shape index (κ3) is 44.4. The Morgan fingerprint density at radius 3 is 1.18 bits per heavy atom. The molecule has 0 saturated heterocycles. The van der Waals surface area contributed by atoms with Crippen LogP contribution >= 0.6 is 11.8 Å². The predicted molar refractivity (Wildman–Crippen MR) is 535 cm³/mol. The van der Waals surface area contributed by atoms with Crippen LogP contribution in [0.1, 0.15) is 189 Å². The van der Waals surface area contributed by atoms with Crippen LogP contribution in [0.2, 0.25) is 0 Å². The van der Waals surface area contributed by atoms with Gasteiger partial charge in [-0.2, -0.15) is 11.8 Å². The molecule has 0 unspecified atom stereocenters. The number of carbonyl (C=O) groups excluding carboxylic acids is 19. The Morgan fingerprint density at radius 1 is 0.389 bits per heavy atom. The summed E-state index contributed by atoms with van der Waals surface area (Å²) in [6.45, 7) is 17.5. The number of nitrogens with zero attached hydrogens (tertiary/aromatic N) is 2. The number of benzene rings is 2. The molecule has 49 nitrogen and oxygen atoms in total. The van der Waals surface area contributed by atoms with E-state index in [2.05, 4.69) is 110 Å². The fraction of sp³-hybridized carbons (Fsp3) is 0.596. The van der Waals surface area contributed by atoms with E-state index >= 15 is 9.59 Å². The molecule has 19 atom stereocenters. The Kier molecular flexibility index (Phi) is 54.5. The van der Waals surface area contributed by atoms with Crippen molar-refractivity contribution in [2.24, 2.45) is 63.8 Å². The quantitative estimate of drug-likeness (QED) is 0.0111. The molecule has 50 heteroatoms. The predicted octanol–water partition coefficient (Wildman–Crippen LogP) is -5.79. The van der Waals surface area contributed by atoms with Crippen molar-refractivity contribution in [3.8, 4) is 0 Å². The molecule has 144 heavy (non-hydrogen) atoms. The van der Waals surface area contributed by atoms with Crippen molar-refractivity contribution in [3.63, 3.8) is 0 Å². The van der Waals surface area contributed by atoms with Gasteiger partial charge in [0.05, 0.1) is 31.2 Å². The molecule has 0 aliphatic rings. The molecular weight excluding hydrogens is 1890 g/mol. The van der Waals surface area contributed by atoms with Gasteiger partial charge in [-0.05, 0) is 151 Å². The van der Waals surface area contributed by atoms with Gasteiger partial charge in [-0.25, -0.2) is 9.97 Å². The third-order valence-electron chi connectivity index (χ3n) is 23.4. The van der Waals surface area contributed by atoms with Crippen LogP contribution in [0.3, 0.4) is 0 Å². The number of nitrogens with two attached hydrogens (primary N) is 7. The maximum atomic E-state index is 15.1. The fourth-order valence-corrected chi connectivity index (χ4v) is 15.3. The van der Waals surface area contributed by atoms with Crippen molar-refractivity contribution in [3.05, 3.63) is 108 Å². The Labute approximate surface area is 842 Å². The van der Waals surface area contributed by atoms with Crippen molar-refractivity contribution in [2.75, 3.05) is 31.6 Å². The van der Waals surface area contributed by atoms with E-state index in [1.165, 1.54) is 71.4 Å². The lowest BCUT2D eigenvalue weighted by Gasteiger charge is -2.30. The second kappa shape index (κ2) is 64.0. The number of primary amides is 3. The van der Waals surface area contributed by atoms with Gasteiger partial charge in [-0.1, -0.05) is 122 Å². The number of guanidine groups is 1. The second-order valence-electron chi connectivity index (χ2n) is 36.7. The first-order chi connectivity index (χ1) is 68.1. The number of carbonyl (C=O) groups is 19. The van der Waals surface area contributed by atoms with E-state index < -0.39 is 258 Å². The number of thioether (sulfide) groups is 1. The number of aliphatic hydroxyl groups excluding tert-OH is 1. The van der Waals surface area contributed by atoms with E-state index in [0.29, 0.717) is 42.5 Å². The lowest BCUT2D eigenvalue weighted by molar-refractivity contribution is -0.137. The average molecular weight is 2040 g/mol. The Morgan fingerprint density at radius 2 is 0.750 bits per heavy atom. The fourth-order valence-electron chi connectivity index (χ4n) is 14.9. The van der Waals surface area contributed by atoms with Crippen LogP contribution in [0.4, 0.5) is 0 Å². The first kappa shape index (κ1) is 123. The number of aromatic amines is 2. The molecule has 0 aliphatic heterocycles. The van der Waals surface area contributed by atoms with Gasteiger partial charge in [-0.3, -0.25) is 96.5 Å². The minimum Gasteiger partial charge on any atom is -0.391 e. The molecule has 0 spiro atoms. The highest BCUT2D eigenvalue weighted by atomic mass is 32.2. The van der Waals surface area contributed by atoms with Crippen molar-refractivity contribution >= 4 is 130 Å². The minimum absolute atomic E-state index is 0.00160. The third-order valence-corrected chi connectivity index (χ3v) is 24.0. The molecule has 0 bridgehead atoms. The van der Waals surface area contributed by atoms with Gasteiger partial charge in [-0.15, -0.1) is 0 Å². The van der Waals surface area contributed by atoms with E-state index in [4.69, 9.17) is 45.5 Å². The number of nitrogens with one attached hydrogen (secondary N) is 20. The maximum absolute atomic E-state index is 15.1. The second-order valence-corrected chi connectivity index (χ2v) is 37.7. The zero-order valence-corrected chi connectivity index (χ0v) is 84.7. The lowest BCUT2D eigenvalue weighted by atomic mass is 9.96. The standard InChI is InChI=1S/C94H151N29O20S/c1-13-52(8)75(92(142)119-69(43-59-46-104-48-107-59)87(137)117-70(44-72(99)126)88(138)116-67(40-56-25-16-14-17-26-56)86(136)111-62(29-20-22-35-95)82(132)110-61(77(100)127)31-24-37-105-94(101)102)122-89(139)68(41-57-27-18-15-19-28-57)118-91(141)74(51(6)7)121-78(128)53(9)108-81(131)65(34-38-144-12)113-83(133)64(32-33-71(98)125)114-90(140)73(50(4)5)120-79(129)54(10)109-93(143)76(55(11)124)123-84(134)63(30-21-23-36-96)112-85(135)66(39-49(2)3)115-80(130)60(97)42-58-45-103-47-106-58/h14-19,25-28,45-55,60-70,73-76,124H,13,20-24,29-44,95-97H2,1-12H3,(H2,98,125)(H2,99,126)(H2,100,127)(H,103,106)(H,104,107)(H,108,131)(H,109,143)(H,110,132)(H,111,136)(H,112,135)(H,113,133)(H,114,140)(H,115,130)(H,116,138)(H,117,137)(H,118,141)(H,119,142)(H,120,129)(H,121,128)(H,122,139)(H,123,134)(H4,101,102,105)/t52-,53-,54-,55+,60-,61-,62-,63-,64-,65-,66-,67-,68-,69-,70-,73-,74-,75-,76-/m0/s1. The average Bonchev–Trinajstić information content (AvgIpc) is 1.09. The smallest absolute Gasteiger partial charge is 0.245 e. The number of imidazole rings is 2. The first-order valence-corrected chi connectivity index (χ1v) is 49.7. The SMILES string of the molecule is CC[C@H](C)[C@H](NC(=O)[C@H](Cc1ccccc1)NC(=O)[C@@H](NC(=O)[C@H](C)NC(=O)[C@H](CCSC)NC(=O)[C@H](CCC(N)=O)NC(=O)[C@@H](NC(=O)[C@H](C)NC(=O)[C@@H](NC(=O)[C@H](CCCCN)NC(=O)[C@H](CC(C)C)NC(=O)[C@@H](N)Cc1cnc[nH]1)[C@@H](C)O)C(C)C)C(C)C)C(=O)N[C@@H](Cc1cnc[nH]1)C(=O)N[C@@H](CC(N)=O)C(=O)N[C@@H](Cc1ccccc1)C(=O)N[C@@H](CCCCN)C(=O)N[C@@H](CCCNC(=N)N)C(N)=O. The number of unbranched alkanes of at least 4 members (excludes halogenated alkanes) is 2. The minimum atomic E-state index is -1.85. The summed E-state index contributed by atoms with van der Waals surface area (Å²) in [5.74, 6) is -20.2. The molecule has 0 radical (unpaired) electrons. The van der Waals surface area contributed by atoms with Gasteiger partial charge in [0.2, 0.25) is 112 Å². The molecular formula is C94H151N29O20S. The summed E-state index contributed by atoms with van der Waals surface area (Å²) in [6, 6.07) is -8.21. The topological polar surface area (TPSA) is 812 Å². The van der Waals surface area contributed by atoms with E-state index in [1.54, 1.807) is 94.6 Å². The van der Waals surface area contributed by atoms with E-state index in [-0.39, 0.29) is 114 Å². The molecule has 798 valence electrons. The van der Waals surface area contributed by atoms with Gasteiger partial charge >= 0.3 is 0 Å². The molecule has 35 N–H and O–H groups in total. The number of aliphatic hydroxyl groups is 1. The van der Waals surface area contributed by atoms with Crippen molar-refractivity contribution < 1.29 is 96.2 Å². The molecule has 0 saturated carbocycles. The first-order valence-electron chi connectivity index (χ1n) is 48.3. The van der Waals surface area contributed by atoms with E-state index in [1.807, 2.05) is 13.8 Å². The van der Waals surface area contributed by atoms with E-state index in [0.717, 1.165) is 0 Å². The van der Waals surface area contributed by atoms with E-state index in [9.17, 15) is 86.6 Å². The van der Waals surface area contributed by atoms with Crippen molar-refractivity contribution in [1.29, 1.82) is 5.41 Å².